The Hall–Kier alpha value is -2.69. The van der Waals surface area contributed by atoms with E-state index in [1.165, 1.54) is 4.68 Å². The second-order valence-corrected chi connectivity index (χ2v) is 9.19. The molecular formula is C24H26Cl2F3N5O2. The summed E-state index contributed by atoms with van der Waals surface area (Å²) in [4.78, 5) is 33.4. The molecule has 0 radical (unpaired) electrons. The third kappa shape index (κ3) is 5.21. The molecule has 2 aliphatic rings. The maximum atomic E-state index is 12.9. The molecule has 2 atom stereocenters. The van der Waals surface area contributed by atoms with Gasteiger partial charge in [0, 0.05) is 42.5 Å². The molecular weight excluding hydrogens is 518 g/mol. The fraction of sp³-hybridized carbons (Fsp3) is 0.417. The van der Waals surface area contributed by atoms with Crippen LogP contribution >= 0.6 is 24.8 Å². The van der Waals surface area contributed by atoms with Crippen molar-refractivity contribution in [1.82, 2.24) is 24.6 Å². The van der Waals surface area contributed by atoms with Gasteiger partial charge in [0.15, 0.2) is 5.69 Å². The molecule has 0 amide bonds. The molecule has 1 aliphatic carbocycles. The molecule has 3 heterocycles. The molecule has 194 valence electrons. The van der Waals surface area contributed by atoms with E-state index in [1.807, 2.05) is 0 Å². The van der Waals surface area contributed by atoms with Gasteiger partial charge in [0.05, 0.1) is 5.56 Å². The topological polar surface area (TPSA) is 83.9 Å². The number of aromatic amines is 1. The second kappa shape index (κ2) is 10.4. The Kier molecular flexibility index (Phi) is 8.02. The van der Waals surface area contributed by atoms with Crippen LogP contribution in [-0.2, 0) is 18.1 Å². The van der Waals surface area contributed by atoms with Gasteiger partial charge in [-0.2, -0.15) is 18.3 Å². The van der Waals surface area contributed by atoms with Crippen LogP contribution in [0.4, 0.5) is 13.2 Å². The third-order valence-electron chi connectivity index (χ3n) is 7.00. The molecule has 36 heavy (non-hydrogen) atoms. The van der Waals surface area contributed by atoms with Crippen molar-refractivity contribution in [2.75, 3.05) is 19.6 Å². The van der Waals surface area contributed by atoms with Gasteiger partial charge in [0.2, 0.25) is 0 Å². The zero-order valence-corrected chi connectivity index (χ0v) is 21.1. The summed E-state index contributed by atoms with van der Waals surface area (Å²) in [5.74, 6) is 0.443. The molecule has 1 aromatic carbocycles. The summed E-state index contributed by atoms with van der Waals surface area (Å²) in [5, 5.41) is 4.29. The minimum atomic E-state index is -4.33. The zero-order valence-electron chi connectivity index (χ0n) is 19.4. The number of fused-ring (bicyclic) bond motifs is 1. The van der Waals surface area contributed by atoms with Gasteiger partial charge in [-0.05, 0) is 62.1 Å². The number of aryl methyl sites for hydroxylation is 2. The number of aromatic nitrogens is 4. The number of alkyl halides is 3. The number of rotatable bonds is 6. The molecule has 2 fully saturated rings. The van der Waals surface area contributed by atoms with Crippen LogP contribution in [0.3, 0.4) is 0 Å². The van der Waals surface area contributed by atoms with Crippen molar-refractivity contribution in [2.24, 2.45) is 5.92 Å². The lowest BCUT2D eigenvalue weighted by Gasteiger charge is -2.21. The molecule has 5 rings (SSSR count). The van der Waals surface area contributed by atoms with E-state index in [1.54, 1.807) is 37.4 Å². The molecule has 2 aromatic heterocycles. The Bertz CT molecular complexity index is 1340. The molecule has 3 aromatic rings. The van der Waals surface area contributed by atoms with Crippen LogP contribution in [0.15, 0.2) is 52.2 Å². The fourth-order valence-electron chi connectivity index (χ4n) is 5.13. The lowest BCUT2D eigenvalue weighted by Crippen LogP contribution is -2.35. The predicted molar refractivity (Wildman–Crippen MR) is 134 cm³/mol. The Balaban J connectivity index is 0.00000180. The Morgan fingerprint density at radius 1 is 1.11 bits per heavy atom. The number of nitrogens with one attached hydrogen (secondary N) is 1. The zero-order chi connectivity index (χ0) is 24.1. The lowest BCUT2D eigenvalue weighted by atomic mass is 9.94. The highest BCUT2D eigenvalue weighted by Gasteiger charge is 2.60. The van der Waals surface area contributed by atoms with Gasteiger partial charge in [-0.1, -0.05) is 12.1 Å². The van der Waals surface area contributed by atoms with Crippen molar-refractivity contribution in [3.8, 4) is 11.3 Å². The van der Waals surface area contributed by atoms with E-state index in [0.717, 1.165) is 43.8 Å². The van der Waals surface area contributed by atoms with Gasteiger partial charge in [0.25, 0.3) is 5.56 Å². The number of hydrogen-bond acceptors (Lipinski definition) is 5. The molecule has 12 heteroatoms. The average Bonchev–Trinajstić information content (AvgIpc) is 3.37. The van der Waals surface area contributed by atoms with Crippen LogP contribution < -0.4 is 11.2 Å². The van der Waals surface area contributed by atoms with Crippen LogP contribution in [0.1, 0.15) is 29.7 Å². The number of benzene rings is 1. The van der Waals surface area contributed by atoms with Crippen molar-refractivity contribution < 1.29 is 13.2 Å². The quantitative estimate of drug-likeness (QED) is 0.510. The Morgan fingerprint density at radius 2 is 1.83 bits per heavy atom. The number of nitrogens with zero attached hydrogens (tertiary/aromatic N) is 4. The van der Waals surface area contributed by atoms with E-state index in [9.17, 15) is 22.8 Å². The van der Waals surface area contributed by atoms with Crippen molar-refractivity contribution in [2.45, 2.75) is 37.9 Å². The maximum absolute atomic E-state index is 12.9. The standard InChI is InChI=1S/C24H24F3N5O2.2ClH/c1-15-19(4-2-9-28-15)20-21(33)29-22(34)32(30-20)11-3-10-31-13-18-12-23(18,14-31)16-5-7-17(8-6-16)24(25,26)27;;/h2,4-9,18H,3,10-14H2,1H3,(H,29,33,34);2*1H/t18-,23+;;/m0../s1. The number of likely N-dealkylation sites (tertiary alicyclic amines) is 1. The minimum Gasteiger partial charge on any atom is -0.302 e. The van der Waals surface area contributed by atoms with E-state index in [4.69, 9.17) is 0 Å². The molecule has 1 N–H and O–H groups in total. The SMILES string of the molecule is Cc1ncccc1-c1nn(CCCN2C[C@@H]3C[C@]3(c3ccc(C(F)(F)F)cc3)C2)c(=O)[nH]c1=O.Cl.Cl. The number of H-pyrrole nitrogens is 1. The second-order valence-electron chi connectivity index (χ2n) is 9.19. The van der Waals surface area contributed by atoms with Crippen molar-refractivity contribution in [1.29, 1.82) is 0 Å². The summed E-state index contributed by atoms with van der Waals surface area (Å²) in [5.41, 5.74) is 0.557. The maximum Gasteiger partial charge on any atom is 0.416 e. The first-order chi connectivity index (χ1) is 16.2. The van der Waals surface area contributed by atoms with Gasteiger partial charge in [0.1, 0.15) is 0 Å². The molecule has 1 saturated carbocycles. The Morgan fingerprint density at radius 3 is 2.50 bits per heavy atom. The molecule has 0 spiro atoms. The van der Waals surface area contributed by atoms with E-state index >= 15 is 0 Å². The van der Waals surface area contributed by atoms with Crippen LogP contribution in [0.5, 0.6) is 0 Å². The van der Waals surface area contributed by atoms with E-state index in [2.05, 4.69) is 20.0 Å². The van der Waals surface area contributed by atoms with Crippen LogP contribution in [0, 0.1) is 12.8 Å². The lowest BCUT2D eigenvalue weighted by molar-refractivity contribution is -0.137. The monoisotopic (exact) mass is 543 g/mol. The summed E-state index contributed by atoms with van der Waals surface area (Å²) in [6, 6.07) is 9.00. The van der Waals surface area contributed by atoms with E-state index < -0.39 is 23.0 Å². The van der Waals surface area contributed by atoms with E-state index in [0.29, 0.717) is 30.1 Å². The number of halogens is 5. The first-order valence-corrected chi connectivity index (χ1v) is 11.2. The van der Waals surface area contributed by atoms with Gasteiger partial charge in [-0.3, -0.25) is 14.8 Å². The number of piperidine rings is 1. The molecule has 0 bridgehead atoms. The summed E-state index contributed by atoms with van der Waals surface area (Å²) < 4.78 is 39.9. The van der Waals surface area contributed by atoms with Crippen LogP contribution in [-0.4, -0.2) is 44.3 Å². The smallest absolute Gasteiger partial charge is 0.302 e. The van der Waals surface area contributed by atoms with Gasteiger partial charge >= 0.3 is 11.9 Å². The van der Waals surface area contributed by atoms with Crippen molar-refractivity contribution in [3.05, 3.63) is 80.3 Å². The van der Waals surface area contributed by atoms with Crippen molar-refractivity contribution >= 4 is 24.8 Å². The molecule has 1 aliphatic heterocycles. The van der Waals surface area contributed by atoms with E-state index in [-0.39, 0.29) is 35.9 Å². The highest BCUT2D eigenvalue weighted by atomic mass is 35.5. The normalized spacial score (nSPS) is 20.8. The average molecular weight is 544 g/mol. The predicted octanol–water partition coefficient (Wildman–Crippen LogP) is 3.83. The molecule has 7 nitrogen and oxygen atoms in total. The first kappa shape index (κ1) is 27.9. The first-order valence-electron chi connectivity index (χ1n) is 11.2. The van der Waals surface area contributed by atoms with Crippen molar-refractivity contribution in [3.63, 3.8) is 0 Å². The Labute approximate surface area is 217 Å². The fourth-order valence-corrected chi connectivity index (χ4v) is 5.13. The van der Waals surface area contributed by atoms with Gasteiger partial charge < -0.3 is 4.90 Å². The van der Waals surface area contributed by atoms with Gasteiger partial charge in [-0.25, -0.2) is 9.48 Å². The molecule has 0 unspecified atom stereocenters. The summed E-state index contributed by atoms with van der Waals surface area (Å²) in [7, 11) is 0. The highest BCUT2D eigenvalue weighted by Crippen LogP contribution is 2.59. The number of pyridine rings is 1. The third-order valence-corrected chi connectivity index (χ3v) is 7.00. The van der Waals surface area contributed by atoms with Crippen LogP contribution in [0.25, 0.3) is 11.3 Å². The summed E-state index contributed by atoms with van der Waals surface area (Å²) in [6.07, 6.45) is -1.06. The highest BCUT2D eigenvalue weighted by molar-refractivity contribution is 5.85. The summed E-state index contributed by atoms with van der Waals surface area (Å²) in [6.45, 7) is 4.52. The summed E-state index contributed by atoms with van der Waals surface area (Å²) >= 11 is 0. The minimum absolute atomic E-state index is 0. The molecule has 1 saturated heterocycles. The van der Waals surface area contributed by atoms with Crippen LogP contribution in [0.2, 0.25) is 0 Å². The van der Waals surface area contributed by atoms with Gasteiger partial charge in [-0.15, -0.1) is 24.8 Å². The largest absolute Gasteiger partial charge is 0.416 e. The number of hydrogen-bond donors (Lipinski definition) is 1.